The molecule has 0 aliphatic carbocycles. The molecule has 2 aliphatic heterocycles. The molecule has 0 radical (unpaired) electrons. The van der Waals surface area contributed by atoms with Crippen molar-refractivity contribution >= 4 is 39.1 Å². The summed E-state index contributed by atoms with van der Waals surface area (Å²) >= 11 is 0. The third-order valence-corrected chi connectivity index (χ3v) is 10.0. The summed E-state index contributed by atoms with van der Waals surface area (Å²) in [5.74, 6) is 0.460. The lowest BCUT2D eigenvalue weighted by Crippen LogP contribution is -2.24. The predicted octanol–water partition coefficient (Wildman–Crippen LogP) is 8.45. The third-order valence-electron chi connectivity index (χ3n) is 10.0. The number of allylic oxidation sites excluding steroid dienone is 2. The smallest absolute Gasteiger partial charge is 0.220 e. The molecule has 5 rings (SSSR count). The van der Waals surface area contributed by atoms with E-state index in [0.717, 1.165) is 108 Å². The maximum Gasteiger partial charge on any atom is 0.220 e. The van der Waals surface area contributed by atoms with Crippen LogP contribution in [0.3, 0.4) is 0 Å². The molecule has 0 spiro atoms. The van der Waals surface area contributed by atoms with Crippen LogP contribution in [0, 0.1) is 20.8 Å². The molecule has 5 heterocycles. The lowest BCUT2D eigenvalue weighted by molar-refractivity contribution is -0.121. The van der Waals surface area contributed by atoms with Crippen LogP contribution in [-0.2, 0) is 11.2 Å². The summed E-state index contributed by atoms with van der Waals surface area (Å²) in [6, 6.07) is 8.90. The molecule has 45 heavy (non-hydrogen) atoms. The minimum absolute atomic E-state index is 0.123. The van der Waals surface area contributed by atoms with Crippen molar-refractivity contribution < 1.29 is 4.79 Å². The van der Waals surface area contributed by atoms with Gasteiger partial charge in [0.05, 0.1) is 11.4 Å². The maximum absolute atomic E-state index is 12.9. The van der Waals surface area contributed by atoms with Crippen molar-refractivity contribution in [2.45, 2.75) is 112 Å². The van der Waals surface area contributed by atoms with E-state index in [1.54, 1.807) is 0 Å². The standard InChI is InChI=1S/C38H52N6O/c1-8-27-24(5)33-21-36-28(9-2)23(4)32(42-36)20-34-25(6)29(14-15-37(45)40-17-13-11-10-12-16-39)38(44-34)26(7)31-18-22(3)30(41-31)19-35(27)43-33/h18-21,25,29,41-42H,8-17,39H2,1-7H3,(H,40,45)/t25-,29-/m0/s1. The van der Waals surface area contributed by atoms with Gasteiger partial charge in [0.25, 0.3) is 0 Å². The Bertz CT molecular complexity index is 1760. The Labute approximate surface area is 268 Å². The number of fused-ring (bicyclic) bond motifs is 8. The average Bonchev–Trinajstić information content (AvgIpc) is 3.72. The zero-order valence-corrected chi connectivity index (χ0v) is 28.4. The van der Waals surface area contributed by atoms with Crippen molar-refractivity contribution in [1.82, 2.24) is 25.3 Å². The van der Waals surface area contributed by atoms with Gasteiger partial charge in [-0.1, -0.05) is 33.6 Å². The van der Waals surface area contributed by atoms with Crippen LogP contribution < -0.4 is 11.1 Å². The number of aromatic nitrogens is 4. The molecule has 2 aliphatic rings. The number of nitrogens with two attached hydrogens (primary N) is 1. The van der Waals surface area contributed by atoms with Gasteiger partial charge in [-0.3, -0.25) is 9.78 Å². The van der Waals surface area contributed by atoms with Crippen LogP contribution in [0.25, 0.3) is 33.2 Å². The summed E-state index contributed by atoms with van der Waals surface area (Å²) in [4.78, 5) is 30.8. The molecule has 0 aromatic carbocycles. The van der Waals surface area contributed by atoms with Crippen LogP contribution >= 0.6 is 0 Å². The molecule has 0 unspecified atom stereocenters. The first kappa shape index (κ1) is 32.7. The zero-order valence-electron chi connectivity index (χ0n) is 28.4. The molecular formula is C38H52N6O. The minimum Gasteiger partial charge on any atom is -0.356 e. The number of unbranched alkanes of at least 4 members (excludes halogenated alkanes) is 3. The molecule has 5 N–H and O–H groups in total. The first-order chi connectivity index (χ1) is 21.7. The predicted molar refractivity (Wildman–Crippen MR) is 188 cm³/mol. The lowest BCUT2D eigenvalue weighted by atomic mass is 9.86. The van der Waals surface area contributed by atoms with E-state index in [1.807, 2.05) is 0 Å². The highest BCUT2D eigenvalue weighted by molar-refractivity contribution is 5.92. The van der Waals surface area contributed by atoms with Gasteiger partial charge in [-0.2, -0.15) is 0 Å². The number of aryl methyl sites for hydroxylation is 4. The topological polar surface area (TPSA) is 112 Å². The molecule has 0 fully saturated rings. The summed E-state index contributed by atoms with van der Waals surface area (Å²) in [6.07, 6.45) is 7.38. The molecule has 8 bridgehead atoms. The number of hydrogen-bond donors (Lipinski definition) is 4. The summed E-state index contributed by atoms with van der Waals surface area (Å²) < 4.78 is 0. The third kappa shape index (κ3) is 6.79. The first-order valence-electron chi connectivity index (χ1n) is 17.0. The van der Waals surface area contributed by atoms with Gasteiger partial charge < -0.3 is 21.0 Å². The summed E-state index contributed by atoms with van der Waals surface area (Å²) in [5.41, 5.74) is 21.6. The van der Waals surface area contributed by atoms with Crippen LogP contribution in [0.5, 0.6) is 0 Å². The Morgan fingerprint density at radius 2 is 1.56 bits per heavy atom. The van der Waals surface area contributed by atoms with E-state index in [1.165, 1.54) is 27.8 Å². The highest BCUT2D eigenvalue weighted by Gasteiger charge is 2.31. The van der Waals surface area contributed by atoms with Gasteiger partial charge >= 0.3 is 0 Å². The van der Waals surface area contributed by atoms with E-state index in [-0.39, 0.29) is 17.7 Å². The second-order valence-electron chi connectivity index (χ2n) is 13.0. The quantitative estimate of drug-likeness (QED) is 0.164. The van der Waals surface area contributed by atoms with Crippen LogP contribution in [0.4, 0.5) is 0 Å². The summed E-state index contributed by atoms with van der Waals surface area (Å²) in [6.45, 7) is 16.9. The molecular weight excluding hydrogens is 556 g/mol. The second-order valence-corrected chi connectivity index (χ2v) is 13.0. The minimum atomic E-state index is 0.123. The molecule has 240 valence electrons. The van der Waals surface area contributed by atoms with Crippen molar-refractivity contribution in [3.8, 4) is 0 Å². The van der Waals surface area contributed by atoms with Gasteiger partial charge in [-0.25, -0.2) is 4.98 Å². The Morgan fingerprint density at radius 1 is 0.844 bits per heavy atom. The molecule has 7 nitrogen and oxygen atoms in total. The van der Waals surface area contributed by atoms with Crippen LogP contribution in [0.15, 0.2) is 24.3 Å². The van der Waals surface area contributed by atoms with Crippen LogP contribution in [-0.4, -0.2) is 38.9 Å². The van der Waals surface area contributed by atoms with Crippen molar-refractivity contribution in [2.24, 2.45) is 5.73 Å². The molecule has 3 aromatic rings. The molecule has 3 aromatic heterocycles. The highest BCUT2D eigenvalue weighted by atomic mass is 16.1. The van der Waals surface area contributed by atoms with Gasteiger partial charge in [0.2, 0.25) is 5.91 Å². The second kappa shape index (κ2) is 14.2. The maximum atomic E-state index is 12.9. The molecule has 2 atom stereocenters. The fourth-order valence-electron chi connectivity index (χ4n) is 7.13. The van der Waals surface area contributed by atoms with Crippen LogP contribution in [0.2, 0.25) is 0 Å². The Balaban J connectivity index is 1.61. The molecule has 1 amide bonds. The number of nitrogens with one attached hydrogen (secondary N) is 3. The molecule has 7 heteroatoms. The fourth-order valence-corrected chi connectivity index (χ4v) is 7.13. The van der Waals surface area contributed by atoms with Crippen molar-refractivity contribution in [3.05, 3.63) is 69.3 Å². The normalized spacial score (nSPS) is 16.4. The van der Waals surface area contributed by atoms with E-state index in [0.29, 0.717) is 6.42 Å². The number of rotatable bonds is 11. The van der Waals surface area contributed by atoms with Gasteiger partial charge in [0, 0.05) is 58.3 Å². The van der Waals surface area contributed by atoms with Crippen molar-refractivity contribution in [2.75, 3.05) is 13.1 Å². The van der Waals surface area contributed by atoms with Crippen LogP contribution in [0.1, 0.15) is 130 Å². The number of hydrogen-bond acceptors (Lipinski definition) is 4. The monoisotopic (exact) mass is 608 g/mol. The first-order valence-corrected chi connectivity index (χ1v) is 17.0. The number of H-pyrrole nitrogens is 2. The van der Waals surface area contributed by atoms with Gasteiger partial charge in [-0.15, -0.1) is 0 Å². The fraction of sp³-hybridized carbons (Fsp3) is 0.500. The van der Waals surface area contributed by atoms with Crippen molar-refractivity contribution in [1.29, 1.82) is 0 Å². The van der Waals surface area contributed by atoms with E-state index in [4.69, 9.17) is 15.7 Å². The highest BCUT2D eigenvalue weighted by Crippen LogP contribution is 2.42. The lowest BCUT2D eigenvalue weighted by Gasteiger charge is -2.17. The molecule has 0 saturated heterocycles. The molecule has 0 saturated carbocycles. The number of carbonyl (C=O) groups excluding carboxylic acids is 1. The largest absolute Gasteiger partial charge is 0.356 e. The summed E-state index contributed by atoms with van der Waals surface area (Å²) in [7, 11) is 0. The van der Waals surface area contributed by atoms with E-state index in [9.17, 15) is 4.79 Å². The van der Waals surface area contributed by atoms with E-state index in [2.05, 4.69) is 88.0 Å². The Kier molecular flexibility index (Phi) is 10.3. The van der Waals surface area contributed by atoms with E-state index < -0.39 is 0 Å². The van der Waals surface area contributed by atoms with Crippen molar-refractivity contribution in [3.63, 3.8) is 0 Å². The van der Waals surface area contributed by atoms with Gasteiger partial charge in [-0.05, 0) is 124 Å². The number of aromatic amines is 2. The average molecular weight is 609 g/mol. The zero-order chi connectivity index (χ0) is 32.2. The Morgan fingerprint density at radius 3 is 2.29 bits per heavy atom. The number of carbonyl (C=O) groups is 1. The van der Waals surface area contributed by atoms with E-state index >= 15 is 0 Å². The number of amides is 1. The van der Waals surface area contributed by atoms with Gasteiger partial charge in [0.15, 0.2) is 0 Å². The summed E-state index contributed by atoms with van der Waals surface area (Å²) in [5, 5.41) is 3.14. The SMILES string of the molecule is CCC1=C(C)c2cc3[nH]c(cc4nc(c(C)c5cc(C)c(cc1n2)[nH]5)[C@@H](CCC(=O)NCCCCCCN)[C@@H]4C)c(C)c3CC. The number of nitrogens with zero attached hydrogens (tertiary/aromatic N) is 2. The Hall–Kier alpha value is -3.71. The van der Waals surface area contributed by atoms with Gasteiger partial charge in [0.1, 0.15) is 0 Å².